The second kappa shape index (κ2) is 8.30. The third kappa shape index (κ3) is 4.71. The Hall–Kier alpha value is -2.15. The van der Waals surface area contributed by atoms with E-state index in [0.717, 1.165) is 9.26 Å². The minimum atomic E-state index is -0.966. The number of carbonyl (C=O) groups excluding carboxylic acids is 1. The first kappa shape index (κ1) is 21.6. The van der Waals surface area contributed by atoms with Gasteiger partial charge in [-0.3, -0.25) is 5.32 Å². The summed E-state index contributed by atoms with van der Waals surface area (Å²) in [5, 5.41) is 16.5. The molecule has 3 heterocycles. The van der Waals surface area contributed by atoms with E-state index in [4.69, 9.17) is 9.47 Å². The SMILES string of the molecule is COC[C@H]1CC(c2cc(I)c3c(NC(=O)OC(C)(C)C)ncnn23)CN1C(=O)O. The summed E-state index contributed by atoms with van der Waals surface area (Å²) in [6.07, 6.45) is 0.415. The molecule has 2 aromatic heterocycles. The number of anilines is 1. The number of halogens is 1. The summed E-state index contributed by atoms with van der Waals surface area (Å²) in [7, 11) is 1.56. The maximum Gasteiger partial charge on any atom is 0.413 e. The molecule has 0 aromatic carbocycles. The second-order valence-corrected chi connectivity index (χ2v) is 9.05. The highest BCUT2D eigenvalue weighted by molar-refractivity contribution is 14.1. The summed E-state index contributed by atoms with van der Waals surface area (Å²) in [5.74, 6) is 0.290. The molecule has 0 saturated carbocycles. The van der Waals surface area contributed by atoms with Gasteiger partial charge in [0.15, 0.2) is 5.82 Å². The monoisotopic (exact) mass is 517 g/mol. The van der Waals surface area contributed by atoms with E-state index in [1.807, 2.05) is 6.07 Å². The zero-order valence-corrected chi connectivity index (χ0v) is 18.8. The molecule has 1 saturated heterocycles. The summed E-state index contributed by atoms with van der Waals surface area (Å²) in [4.78, 5) is 29.4. The van der Waals surface area contributed by atoms with E-state index < -0.39 is 17.8 Å². The Morgan fingerprint density at radius 1 is 1.41 bits per heavy atom. The summed E-state index contributed by atoms with van der Waals surface area (Å²) in [6.45, 7) is 6.04. The largest absolute Gasteiger partial charge is 0.465 e. The van der Waals surface area contributed by atoms with E-state index in [1.165, 1.54) is 11.2 Å². The van der Waals surface area contributed by atoms with Crippen molar-refractivity contribution >= 4 is 46.1 Å². The lowest BCUT2D eigenvalue weighted by atomic mass is 10.0. The van der Waals surface area contributed by atoms with Crippen LogP contribution in [0.1, 0.15) is 38.8 Å². The van der Waals surface area contributed by atoms with Crippen LogP contribution < -0.4 is 5.32 Å². The average Bonchev–Trinajstić information content (AvgIpc) is 3.16. The predicted octanol–water partition coefficient (Wildman–Crippen LogP) is 3.16. The number of fused-ring (bicyclic) bond motifs is 1. The topological polar surface area (TPSA) is 118 Å². The van der Waals surface area contributed by atoms with E-state index in [-0.39, 0.29) is 12.0 Å². The van der Waals surface area contributed by atoms with Gasteiger partial charge >= 0.3 is 12.2 Å². The Morgan fingerprint density at radius 2 is 2.14 bits per heavy atom. The summed E-state index contributed by atoms with van der Waals surface area (Å²) in [6, 6.07) is 1.73. The minimum Gasteiger partial charge on any atom is -0.465 e. The van der Waals surface area contributed by atoms with E-state index >= 15 is 0 Å². The first-order chi connectivity index (χ1) is 13.6. The van der Waals surface area contributed by atoms with Crippen molar-refractivity contribution in [1.29, 1.82) is 0 Å². The fraction of sp³-hybridized carbons (Fsp3) is 0.556. The van der Waals surface area contributed by atoms with Gasteiger partial charge in [0.25, 0.3) is 0 Å². The molecule has 2 aromatic rings. The minimum absolute atomic E-state index is 0.0495. The van der Waals surface area contributed by atoms with Crippen molar-refractivity contribution in [3.05, 3.63) is 21.7 Å². The number of aromatic nitrogens is 3. The van der Waals surface area contributed by atoms with Crippen LogP contribution >= 0.6 is 22.6 Å². The molecule has 0 spiro atoms. The highest BCUT2D eigenvalue weighted by Crippen LogP contribution is 2.35. The van der Waals surface area contributed by atoms with Crippen molar-refractivity contribution in [2.45, 2.75) is 44.8 Å². The number of nitrogens with zero attached hydrogens (tertiary/aromatic N) is 4. The summed E-state index contributed by atoms with van der Waals surface area (Å²) in [5.41, 5.74) is 0.878. The van der Waals surface area contributed by atoms with Gasteiger partial charge < -0.3 is 19.5 Å². The van der Waals surface area contributed by atoms with Gasteiger partial charge in [0.1, 0.15) is 17.4 Å². The fourth-order valence-electron chi connectivity index (χ4n) is 3.52. The van der Waals surface area contributed by atoms with Crippen LogP contribution in [0.3, 0.4) is 0 Å². The molecule has 2 atom stereocenters. The molecule has 158 valence electrons. The summed E-state index contributed by atoms with van der Waals surface area (Å²) >= 11 is 2.16. The molecular weight excluding hydrogens is 493 g/mol. The van der Waals surface area contributed by atoms with E-state index in [2.05, 4.69) is 38.0 Å². The van der Waals surface area contributed by atoms with E-state index in [9.17, 15) is 14.7 Å². The van der Waals surface area contributed by atoms with Gasteiger partial charge in [0.2, 0.25) is 0 Å². The van der Waals surface area contributed by atoms with Crippen molar-refractivity contribution in [2.24, 2.45) is 0 Å². The first-order valence-corrected chi connectivity index (χ1v) is 10.2. The van der Waals surface area contributed by atoms with Crippen LogP contribution in [0.5, 0.6) is 0 Å². The molecule has 0 aliphatic carbocycles. The van der Waals surface area contributed by atoms with Gasteiger partial charge in [-0.2, -0.15) is 5.10 Å². The number of nitrogens with one attached hydrogen (secondary N) is 1. The zero-order chi connectivity index (χ0) is 21.3. The molecule has 3 rings (SSSR count). The lowest BCUT2D eigenvalue weighted by Crippen LogP contribution is -2.37. The number of rotatable bonds is 4. The highest BCUT2D eigenvalue weighted by Gasteiger charge is 2.37. The quantitative estimate of drug-likeness (QED) is 0.599. The van der Waals surface area contributed by atoms with Gasteiger partial charge in [-0.05, 0) is 55.8 Å². The normalized spacial score (nSPS) is 19.6. The number of likely N-dealkylation sites (tertiary alicyclic amines) is 1. The third-order valence-corrected chi connectivity index (χ3v) is 5.41. The maximum absolute atomic E-state index is 12.2. The Bertz CT molecular complexity index is 925. The number of carbonyl (C=O) groups is 2. The highest BCUT2D eigenvalue weighted by atomic mass is 127. The molecule has 0 radical (unpaired) electrons. The zero-order valence-electron chi connectivity index (χ0n) is 16.7. The molecule has 2 amide bonds. The van der Waals surface area contributed by atoms with Crippen LogP contribution in [0.2, 0.25) is 0 Å². The number of amides is 2. The van der Waals surface area contributed by atoms with Crippen molar-refractivity contribution in [3.8, 4) is 0 Å². The molecule has 11 heteroatoms. The molecule has 1 aliphatic rings. The van der Waals surface area contributed by atoms with Crippen LogP contribution in [0, 0.1) is 3.57 Å². The number of carboxylic acid groups (broad SMARTS) is 1. The van der Waals surface area contributed by atoms with Crippen molar-refractivity contribution < 1.29 is 24.2 Å². The lowest BCUT2D eigenvalue weighted by molar-refractivity contribution is 0.0635. The van der Waals surface area contributed by atoms with Crippen LogP contribution in [0.15, 0.2) is 12.4 Å². The second-order valence-electron chi connectivity index (χ2n) is 7.89. The number of hydrogen-bond donors (Lipinski definition) is 2. The molecule has 10 nitrogen and oxygen atoms in total. The maximum atomic E-state index is 12.2. The van der Waals surface area contributed by atoms with Gasteiger partial charge in [-0.25, -0.2) is 19.1 Å². The number of methoxy groups -OCH3 is 1. The predicted molar refractivity (Wildman–Crippen MR) is 113 cm³/mol. The van der Waals surface area contributed by atoms with E-state index in [1.54, 1.807) is 32.4 Å². The Kier molecular flexibility index (Phi) is 6.17. The Balaban J connectivity index is 1.92. The van der Waals surface area contributed by atoms with Crippen LogP contribution in [-0.4, -0.2) is 68.7 Å². The first-order valence-electron chi connectivity index (χ1n) is 9.11. The van der Waals surface area contributed by atoms with Crippen LogP contribution in [-0.2, 0) is 9.47 Å². The molecular formula is C18H24IN5O5. The summed E-state index contributed by atoms with van der Waals surface area (Å²) < 4.78 is 13.1. The molecule has 0 bridgehead atoms. The molecule has 1 unspecified atom stereocenters. The Labute approximate surface area is 181 Å². The smallest absolute Gasteiger partial charge is 0.413 e. The van der Waals surface area contributed by atoms with E-state index in [0.29, 0.717) is 30.9 Å². The molecule has 2 N–H and O–H groups in total. The number of ether oxygens (including phenoxy) is 2. The van der Waals surface area contributed by atoms with Gasteiger partial charge in [-0.1, -0.05) is 0 Å². The van der Waals surface area contributed by atoms with Crippen LogP contribution in [0.25, 0.3) is 5.52 Å². The van der Waals surface area contributed by atoms with Crippen molar-refractivity contribution in [1.82, 2.24) is 19.5 Å². The van der Waals surface area contributed by atoms with Crippen molar-refractivity contribution in [2.75, 3.05) is 25.6 Å². The Morgan fingerprint density at radius 3 is 2.76 bits per heavy atom. The fourth-order valence-corrected chi connectivity index (χ4v) is 4.32. The third-order valence-electron chi connectivity index (χ3n) is 4.59. The molecule has 1 fully saturated rings. The number of hydrogen-bond acceptors (Lipinski definition) is 6. The standard InChI is InChI=1S/C18H24IN5O5/c1-18(2,3)29-16(25)22-15-14-12(19)6-13(24(14)21-9-20-15)10-5-11(8-28-4)23(7-10)17(26)27/h6,9-11H,5,7-8H2,1-4H3,(H,26,27)(H,20,21,22,25)/t10?,11-/m1/s1. The molecule has 29 heavy (non-hydrogen) atoms. The van der Waals surface area contributed by atoms with Gasteiger partial charge in [0.05, 0.1) is 12.6 Å². The van der Waals surface area contributed by atoms with Gasteiger partial charge in [-0.15, -0.1) is 0 Å². The van der Waals surface area contributed by atoms with Crippen molar-refractivity contribution in [3.63, 3.8) is 0 Å². The average molecular weight is 517 g/mol. The van der Waals surface area contributed by atoms with Gasteiger partial charge in [0, 0.05) is 28.8 Å². The lowest BCUT2D eigenvalue weighted by Gasteiger charge is -2.20. The molecule has 1 aliphatic heterocycles. The van der Waals surface area contributed by atoms with Crippen LogP contribution in [0.4, 0.5) is 15.4 Å².